The van der Waals surface area contributed by atoms with Crippen LogP contribution in [0.3, 0.4) is 0 Å². The monoisotopic (exact) mass is 288 g/mol. The minimum atomic E-state index is -0.559. The van der Waals surface area contributed by atoms with Gasteiger partial charge in [0.25, 0.3) is 0 Å². The summed E-state index contributed by atoms with van der Waals surface area (Å²) in [6.45, 7) is 4.16. The minimum absolute atomic E-state index is 0.173. The van der Waals surface area contributed by atoms with Crippen molar-refractivity contribution in [1.82, 2.24) is 9.78 Å². The van der Waals surface area contributed by atoms with Gasteiger partial charge in [-0.3, -0.25) is 4.68 Å². The molecule has 1 aliphatic rings. The summed E-state index contributed by atoms with van der Waals surface area (Å²) in [5.74, 6) is 1.43. The molecule has 1 aromatic heterocycles. The number of methoxy groups -OCH3 is 1. The molecule has 2 aromatic rings. The predicted octanol–water partition coefficient (Wildman–Crippen LogP) is 3.03. The third kappa shape index (κ3) is 2.61. The van der Waals surface area contributed by atoms with Gasteiger partial charge in [-0.05, 0) is 32.0 Å². The van der Waals surface area contributed by atoms with E-state index in [9.17, 15) is 5.11 Å². The summed E-state index contributed by atoms with van der Waals surface area (Å²) in [4.78, 5) is 0. The van der Waals surface area contributed by atoms with Crippen LogP contribution in [0.5, 0.6) is 11.5 Å². The van der Waals surface area contributed by atoms with E-state index in [1.54, 1.807) is 7.11 Å². The van der Waals surface area contributed by atoms with Gasteiger partial charge in [0, 0.05) is 29.8 Å². The Kier molecular flexibility index (Phi) is 3.59. The molecule has 0 bridgehead atoms. The molecule has 3 rings (SSSR count). The van der Waals surface area contributed by atoms with E-state index in [-0.39, 0.29) is 6.10 Å². The van der Waals surface area contributed by atoms with Crippen LogP contribution in [-0.4, -0.2) is 22.0 Å². The molecule has 112 valence electrons. The van der Waals surface area contributed by atoms with Crippen molar-refractivity contribution in [3.8, 4) is 11.5 Å². The van der Waals surface area contributed by atoms with Gasteiger partial charge < -0.3 is 14.6 Å². The topological polar surface area (TPSA) is 56.5 Å². The lowest BCUT2D eigenvalue weighted by molar-refractivity contribution is 0.0654. The van der Waals surface area contributed by atoms with Gasteiger partial charge in [-0.2, -0.15) is 5.10 Å². The van der Waals surface area contributed by atoms with E-state index in [4.69, 9.17) is 9.47 Å². The largest absolute Gasteiger partial charge is 0.497 e. The van der Waals surface area contributed by atoms with Crippen molar-refractivity contribution in [3.05, 3.63) is 41.7 Å². The van der Waals surface area contributed by atoms with Crippen molar-refractivity contribution in [2.45, 2.75) is 38.5 Å². The number of fused-ring (bicyclic) bond motifs is 1. The van der Waals surface area contributed by atoms with Crippen LogP contribution in [0.2, 0.25) is 0 Å². The summed E-state index contributed by atoms with van der Waals surface area (Å²) < 4.78 is 13.1. The number of aromatic nitrogens is 2. The quantitative estimate of drug-likeness (QED) is 0.943. The van der Waals surface area contributed by atoms with Gasteiger partial charge in [-0.25, -0.2) is 0 Å². The average molecular weight is 288 g/mol. The maximum atomic E-state index is 10.4. The zero-order valence-corrected chi connectivity index (χ0v) is 12.5. The number of ether oxygens (including phenoxy) is 2. The van der Waals surface area contributed by atoms with E-state index in [0.717, 1.165) is 16.9 Å². The second-order valence-corrected chi connectivity index (χ2v) is 5.61. The van der Waals surface area contributed by atoms with Crippen LogP contribution in [-0.2, 0) is 0 Å². The summed E-state index contributed by atoms with van der Waals surface area (Å²) in [6, 6.07) is 5.82. The molecule has 1 N–H and O–H groups in total. The third-order valence-electron chi connectivity index (χ3n) is 3.80. The lowest BCUT2D eigenvalue weighted by Crippen LogP contribution is -2.18. The molecule has 0 fully saturated rings. The number of hydrogen-bond donors (Lipinski definition) is 1. The molecule has 0 saturated heterocycles. The van der Waals surface area contributed by atoms with Crippen molar-refractivity contribution in [2.75, 3.05) is 7.11 Å². The highest BCUT2D eigenvalue weighted by atomic mass is 16.5. The molecule has 0 aliphatic carbocycles. The third-order valence-corrected chi connectivity index (χ3v) is 3.80. The molecule has 1 aliphatic heterocycles. The van der Waals surface area contributed by atoms with Crippen LogP contribution in [0.25, 0.3) is 0 Å². The van der Waals surface area contributed by atoms with E-state index in [1.165, 1.54) is 0 Å². The fourth-order valence-electron chi connectivity index (χ4n) is 2.56. The number of rotatable bonds is 3. The molecule has 2 heterocycles. The lowest BCUT2D eigenvalue weighted by atomic mass is 9.96. The van der Waals surface area contributed by atoms with Gasteiger partial charge in [0.2, 0.25) is 0 Å². The first-order chi connectivity index (χ1) is 10.1. The molecule has 5 nitrogen and oxygen atoms in total. The molecule has 1 aromatic carbocycles. The van der Waals surface area contributed by atoms with Crippen LogP contribution in [0, 0.1) is 0 Å². The standard InChI is InChI=1S/C16H20N2O3/c1-10(2)18-9-11(8-17-18)16-7-14(19)13-6-12(20-3)4-5-15(13)21-16/h4-6,8-10,14,16,19H,7H2,1-3H3/t14-,16?/m1/s1. The van der Waals surface area contributed by atoms with Crippen LogP contribution in [0.1, 0.15) is 49.6 Å². The molecule has 5 heteroatoms. The molecular weight excluding hydrogens is 268 g/mol. The molecule has 0 radical (unpaired) electrons. The molecule has 2 atom stereocenters. The smallest absolute Gasteiger partial charge is 0.130 e. The van der Waals surface area contributed by atoms with Crippen molar-refractivity contribution >= 4 is 0 Å². The highest BCUT2D eigenvalue weighted by Gasteiger charge is 2.29. The Labute approximate surface area is 124 Å². The Morgan fingerprint density at radius 3 is 2.90 bits per heavy atom. The Morgan fingerprint density at radius 2 is 2.24 bits per heavy atom. The minimum Gasteiger partial charge on any atom is -0.497 e. The molecule has 0 saturated carbocycles. The van der Waals surface area contributed by atoms with E-state index in [0.29, 0.717) is 18.2 Å². The van der Waals surface area contributed by atoms with Crippen LogP contribution in [0.4, 0.5) is 0 Å². The normalized spacial score (nSPS) is 21.0. The van der Waals surface area contributed by atoms with E-state index in [2.05, 4.69) is 18.9 Å². The maximum Gasteiger partial charge on any atom is 0.130 e. The average Bonchev–Trinajstić information content (AvgIpc) is 2.97. The van der Waals surface area contributed by atoms with Crippen LogP contribution >= 0.6 is 0 Å². The molecule has 1 unspecified atom stereocenters. The summed E-state index contributed by atoms with van der Waals surface area (Å²) in [5.41, 5.74) is 1.77. The zero-order valence-electron chi connectivity index (χ0n) is 12.5. The highest BCUT2D eigenvalue weighted by Crippen LogP contribution is 2.42. The summed E-state index contributed by atoms with van der Waals surface area (Å²) in [7, 11) is 1.61. The molecule has 21 heavy (non-hydrogen) atoms. The van der Waals surface area contributed by atoms with Gasteiger partial charge in [0.15, 0.2) is 0 Å². The van der Waals surface area contributed by atoms with Gasteiger partial charge in [-0.15, -0.1) is 0 Å². The second-order valence-electron chi connectivity index (χ2n) is 5.61. The van der Waals surface area contributed by atoms with Gasteiger partial charge >= 0.3 is 0 Å². The molecule has 0 spiro atoms. The lowest BCUT2D eigenvalue weighted by Gasteiger charge is -2.29. The van der Waals surface area contributed by atoms with Crippen molar-refractivity contribution in [2.24, 2.45) is 0 Å². The first kappa shape index (κ1) is 13.9. The van der Waals surface area contributed by atoms with Gasteiger partial charge in [0.05, 0.1) is 19.4 Å². The Morgan fingerprint density at radius 1 is 1.43 bits per heavy atom. The van der Waals surface area contributed by atoms with Crippen molar-refractivity contribution in [3.63, 3.8) is 0 Å². The second kappa shape index (κ2) is 5.41. The van der Waals surface area contributed by atoms with Gasteiger partial charge in [-0.1, -0.05) is 0 Å². The fourth-order valence-corrected chi connectivity index (χ4v) is 2.56. The summed E-state index contributed by atoms with van der Waals surface area (Å²) in [5, 5.41) is 14.7. The van der Waals surface area contributed by atoms with Crippen molar-refractivity contribution < 1.29 is 14.6 Å². The number of hydrogen-bond acceptors (Lipinski definition) is 4. The van der Waals surface area contributed by atoms with Gasteiger partial charge in [0.1, 0.15) is 17.6 Å². The van der Waals surface area contributed by atoms with E-state index >= 15 is 0 Å². The van der Waals surface area contributed by atoms with E-state index < -0.39 is 6.10 Å². The summed E-state index contributed by atoms with van der Waals surface area (Å²) >= 11 is 0. The summed E-state index contributed by atoms with van der Waals surface area (Å²) in [6.07, 6.45) is 3.58. The number of nitrogens with zero attached hydrogens (tertiary/aromatic N) is 2. The van der Waals surface area contributed by atoms with E-state index in [1.807, 2.05) is 35.3 Å². The number of aliphatic hydroxyl groups excluding tert-OH is 1. The molecule has 0 amide bonds. The highest BCUT2D eigenvalue weighted by molar-refractivity contribution is 5.43. The Bertz CT molecular complexity index is 636. The fraction of sp³-hybridized carbons (Fsp3) is 0.438. The predicted molar refractivity (Wildman–Crippen MR) is 78.6 cm³/mol. The maximum absolute atomic E-state index is 10.4. The zero-order chi connectivity index (χ0) is 15.0. The van der Waals surface area contributed by atoms with Crippen LogP contribution in [0.15, 0.2) is 30.6 Å². The Balaban J connectivity index is 1.87. The van der Waals surface area contributed by atoms with Crippen molar-refractivity contribution in [1.29, 1.82) is 0 Å². The number of benzene rings is 1. The number of aliphatic hydroxyl groups is 1. The SMILES string of the molecule is COc1ccc2c(c1)[C@H](O)CC(c1cnn(C(C)C)c1)O2. The Hall–Kier alpha value is -2.01. The molecular formula is C16H20N2O3. The first-order valence-electron chi connectivity index (χ1n) is 7.15. The first-order valence-corrected chi connectivity index (χ1v) is 7.15. The van der Waals surface area contributed by atoms with Crippen LogP contribution < -0.4 is 9.47 Å².